The first-order valence-electron chi connectivity index (χ1n) is 14.4. The molecule has 0 N–H and O–H groups in total. The number of para-hydroxylation sites is 4. The molecular weight excluding hydrogens is 528 g/mol. The molecule has 4 heterocycles. The second kappa shape index (κ2) is 9.03. The standard InChI is InChI=1S/C38H24N4O/c43-38-29-16-8-10-18-34(29)42-36-22-20-31(39-32(36)24-37(42)41(38)27-13-5-2-6-14-27)25-19-21-35-30(23-25)28-15-7-9-17-33(28)40(35)26-11-3-1-4-12-26/h1-24H. The Bertz CT molecular complexity index is 2570. The van der Waals surface area contributed by atoms with E-state index in [1.165, 1.54) is 16.3 Å². The lowest BCUT2D eigenvalue weighted by Gasteiger charge is -2.12. The Labute approximate surface area is 246 Å². The largest absolute Gasteiger partial charge is 0.309 e. The van der Waals surface area contributed by atoms with Gasteiger partial charge in [-0.1, -0.05) is 72.8 Å². The monoisotopic (exact) mass is 552 g/mol. The van der Waals surface area contributed by atoms with Crippen molar-refractivity contribution in [1.82, 2.24) is 18.5 Å². The van der Waals surface area contributed by atoms with E-state index in [-0.39, 0.29) is 5.56 Å². The quantitative estimate of drug-likeness (QED) is 0.220. The summed E-state index contributed by atoms with van der Waals surface area (Å²) in [5.41, 5.74) is 9.64. The predicted molar refractivity (Wildman–Crippen MR) is 176 cm³/mol. The molecule has 9 rings (SSSR count). The number of hydrogen-bond acceptors (Lipinski definition) is 2. The topological polar surface area (TPSA) is 44.2 Å². The minimum atomic E-state index is -0.0439. The van der Waals surface area contributed by atoms with Crippen molar-refractivity contribution in [2.75, 3.05) is 0 Å². The van der Waals surface area contributed by atoms with Crippen molar-refractivity contribution in [3.8, 4) is 22.6 Å². The van der Waals surface area contributed by atoms with E-state index in [0.29, 0.717) is 5.39 Å². The number of hydrogen-bond donors (Lipinski definition) is 0. The first kappa shape index (κ1) is 23.7. The Morgan fingerprint density at radius 1 is 0.465 bits per heavy atom. The van der Waals surface area contributed by atoms with Crippen LogP contribution in [0.1, 0.15) is 0 Å². The highest BCUT2D eigenvalue weighted by Gasteiger charge is 2.17. The fourth-order valence-electron chi connectivity index (χ4n) is 6.54. The van der Waals surface area contributed by atoms with E-state index >= 15 is 0 Å². The van der Waals surface area contributed by atoms with Gasteiger partial charge in [-0.25, -0.2) is 4.98 Å². The third-order valence-corrected chi connectivity index (χ3v) is 8.44. The minimum absolute atomic E-state index is 0.0439. The van der Waals surface area contributed by atoms with Crippen LogP contribution in [-0.2, 0) is 0 Å². The van der Waals surface area contributed by atoms with E-state index in [1.807, 2.05) is 66.7 Å². The summed E-state index contributed by atoms with van der Waals surface area (Å²) in [7, 11) is 0. The fourth-order valence-corrected chi connectivity index (χ4v) is 6.54. The van der Waals surface area contributed by atoms with Gasteiger partial charge in [0, 0.05) is 28.1 Å². The molecule has 0 amide bonds. The molecule has 0 atom stereocenters. The lowest BCUT2D eigenvalue weighted by molar-refractivity contribution is 1.01. The molecule has 43 heavy (non-hydrogen) atoms. The Morgan fingerprint density at radius 3 is 1.84 bits per heavy atom. The van der Waals surface area contributed by atoms with E-state index in [2.05, 4.69) is 87.8 Å². The summed E-state index contributed by atoms with van der Waals surface area (Å²) >= 11 is 0. The summed E-state index contributed by atoms with van der Waals surface area (Å²) in [6, 6.07) is 49.4. The van der Waals surface area contributed by atoms with E-state index in [1.54, 1.807) is 4.57 Å². The number of rotatable bonds is 3. The summed E-state index contributed by atoms with van der Waals surface area (Å²) in [4.78, 5) is 18.9. The van der Waals surface area contributed by atoms with Crippen LogP contribution in [0.25, 0.3) is 72.0 Å². The highest BCUT2D eigenvalue weighted by Crippen LogP contribution is 2.35. The SMILES string of the molecule is O=c1c2ccccc2n2c3ccc(-c4ccc5c(c4)c4ccccc4n5-c4ccccc4)nc3cc2n1-c1ccccc1. The molecule has 202 valence electrons. The molecule has 0 aliphatic rings. The van der Waals surface area contributed by atoms with Gasteiger partial charge >= 0.3 is 0 Å². The number of fused-ring (bicyclic) bond motifs is 8. The summed E-state index contributed by atoms with van der Waals surface area (Å²) in [5.74, 6) is 0. The van der Waals surface area contributed by atoms with Crippen LogP contribution in [0.5, 0.6) is 0 Å². The van der Waals surface area contributed by atoms with Crippen LogP contribution in [0.4, 0.5) is 0 Å². The Kier molecular flexibility index (Phi) is 4.98. The van der Waals surface area contributed by atoms with Gasteiger partial charge in [-0.05, 0) is 66.7 Å². The van der Waals surface area contributed by atoms with E-state index < -0.39 is 0 Å². The van der Waals surface area contributed by atoms with Gasteiger partial charge in [-0.3, -0.25) is 13.8 Å². The van der Waals surface area contributed by atoms with Gasteiger partial charge in [0.1, 0.15) is 5.65 Å². The van der Waals surface area contributed by atoms with Gasteiger partial charge in [0.25, 0.3) is 5.56 Å². The van der Waals surface area contributed by atoms with Crippen molar-refractivity contribution in [2.45, 2.75) is 0 Å². The molecule has 0 fully saturated rings. The first-order valence-corrected chi connectivity index (χ1v) is 14.4. The van der Waals surface area contributed by atoms with Crippen LogP contribution in [0, 0.1) is 0 Å². The van der Waals surface area contributed by atoms with E-state index in [4.69, 9.17) is 4.98 Å². The third kappa shape index (κ3) is 3.45. The van der Waals surface area contributed by atoms with Gasteiger partial charge in [0.15, 0.2) is 0 Å². The van der Waals surface area contributed by atoms with Crippen LogP contribution in [0.15, 0.2) is 150 Å². The van der Waals surface area contributed by atoms with Crippen LogP contribution in [-0.4, -0.2) is 18.5 Å². The maximum atomic E-state index is 13.8. The molecule has 0 saturated carbocycles. The zero-order chi connectivity index (χ0) is 28.5. The highest BCUT2D eigenvalue weighted by atomic mass is 16.1. The Balaban J connectivity index is 1.29. The van der Waals surface area contributed by atoms with Crippen molar-refractivity contribution in [3.05, 3.63) is 156 Å². The van der Waals surface area contributed by atoms with Gasteiger partial charge in [0.2, 0.25) is 0 Å². The number of pyridine rings is 1. The minimum Gasteiger partial charge on any atom is -0.309 e. The van der Waals surface area contributed by atoms with Crippen molar-refractivity contribution in [3.63, 3.8) is 0 Å². The van der Waals surface area contributed by atoms with Gasteiger partial charge < -0.3 is 4.57 Å². The highest BCUT2D eigenvalue weighted by molar-refractivity contribution is 6.10. The normalized spacial score (nSPS) is 11.8. The van der Waals surface area contributed by atoms with Crippen LogP contribution in [0.2, 0.25) is 0 Å². The van der Waals surface area contributed by atoms with Crippen LogP contribution in [0.3, 0.4) is 0 Å². The molecule has 0 unspecified atom stereocenters. The fraction of sp³-hybridized carbons (Fsp3) is 0. The first-order chi connectivity index (χ1) is 21.3. The maximum Gasteiger partial charge on any atom is 0.266 e. The molecule has 0 bridgehead atoms. The zero-order valence-electron chi connectivity index (χ0n) is 23.1. The number of nitrogens with zero attached hydrogens (tertiary/aromatic N) is 4. The molecule has 9 aromatic rings. The average molecular weight is 553 g/mol. The average Bonchev–Trinajstić information content (AvgIpc) is 3.61. The summed E-state index contributed by atoms with van der Waals surface area (Å²) in [5, 5.41) is 3.06. The molecule has 4 aromatic heterocycles. The third-order valence-electron chi connectivity index (χ3n) is 8.44. The van der Waals surface area contributed by atoms with E-state index in [0.717, 1.165) is 50.3 Å². The van der Waals surface area contributed by atoms with Crippen molar-refractivity contribution in [2.24, 2.45) is 0 Å². The van der Waals surface area contributed by atoms with E-state index in [9.17, 15) is 4.79 Å². The maximum absolute atomic E-state index is 13.8. The molecule has 0 spiro atoms. The molecule has 5 aromatic carbocycles. The summed E-state index contributed by atoms with van der Waals surface area (Å²) in [6.07, 6.45) is 0. The molecule has 5 heteroatoms. The summed E-state index contributed by atoms with van der Waals surface area (Å²) in [6.45, 7) is 0. The lowest BCUT2D eigenvalue weighted by atomic mass is 10.1. The van der Waals surface area contributed by atoms with Crippen molar-refractivity contribution >= 4 is 49.4 Å². The lowest BCUT2D eigenvalue weighted by Crippen LogP contribution is -2.20. The number of aromatic nitrogens is 4. The van der Waals surface area contributed by atoms with Crippen LogP contribution < -0.4 is 5.56 Å². The molecule has 0 aliphatic heterocycles. The smallest absolute Gasteiger partial charge is 0.266 e. The van der Waals surface area contributed by atoms with Gasteiger partial charge in [0.05, 0.1) is 44.4 Å². The molecule has 5 nitrogen and oxygen atoms in total. The Morgan fingerprint density at radius 2 is 1.07 bits per heavy atom. The van der Waals surface area contributed by atoms with Crippen LogP contribution >= 0.6 is 0 Å². The van der Waals surface area contributed by atoms with Gasteiger partial charge in [-0.15, -0.1) is 0 Å². The predicted octanol–water partition coefficient (Wildman–Crippen LogP) is 8.56. The molecule has 0 saturated heterocycles. The van der Waals surface area contributed by atoms with Crippen molar-refractivity contribution in [1.29, 1.82) is 0 Å². The van der Waals surface area contributed by atoms with Crippen molar-refractivity contribution < 1.29 is 0 Å². The zero-order valence-corrected chi connectivity index (χ0v) is 23.1. The summed E-state index contributed by atoms with van der Waals surface area (Å²) < 4.78 is 6.25. The van der Waals surface area contributed by atoms with Gasteiger partial charge in [-0.2, -0.15) is 0 Å². The number of benzene rings is 5. The second-order valence-electron chi connectivity index (χ2n) is 10.9. The Hall–Kier alpha value is -5.94. The molecular formula is C38H24N4O. The second-order valence-corrected chi connectivity index (χ2v) is 10.9. The molecule has 0 aliphatic carbocycles. The molecule has 0 radical (unpaired) electrons.